The predicted octanol–water partition coefficient (Wildman–Crippen LogP) is 1.47. The maximum atomic E-state index is 14.0. The number of β-amino-alcohol motifs (C(OH)–C–C–N with tert-alkyl or cyclic N) is 1. The Labute approximate surface area is 241 Å². The monoisotopic (exact) mass is 568 g/mol. The molecule has 0 spiro atoms. The molecule has 2 amide bonds. The number of aromatic nitrogens is 3. The summed E-state index contributed by atoms with van der Waals surface area (Å²) < 4.78 is 7.48. The predicted molar refractivity (Wildman–Crippen MR) is 152 cm³/mol. The molecule has 3 N–H and O–H groups in total. The van der Waals surface area contributed by atoms with Crippen LogP contribution in [0.2, 0.25) is 0 Å². The summed E-state index contributed by atoms with van der Waals surface area (Å²) in [4.78, 5) is 31.4. The van der Waals surface area contributed by atoms with Gasteiger partial charge in [-0.05, 0) is 30.7 Å². The molecule has 224 valence electrons. The van der Waals surface area contributed by atoms with Gasteiger partial charge in [0.1, 0.15) is 12.1 Å². The smallest absolute Gasteiger partial charge is 0.248 e. The highest BCUT2D eigenvalue weighted by Gasteiger charge is 2.47. The second-order valence-electron chi connectivity index (χ2n) is 13.1. The second kappa shape index (κ2) is 11.8. The van der Waals surface area contributed by atoms with Gasteiger partial charge in [0, 0.05) is 44.2 Å². The van der Waals surface area contributed by atoms with Crippen LogP contribution in [-0.2, 0) is 20.9 Å². The minimum Gasteiger partial charge on any atom is -0.394 e. The number of aliphatic hydroxyl groups excluding tert-OH is 2. The molecule has 0 radical (unpaired) electrons. The van der Waals surface area contributed by atoms with Crippen LogP contribution in [0, 0.1) is 5.41 Å². The van der Waals surface area contributed by atoms with Crippen LogP contribution in [0.1, 0.15) is 70.2 Å². The van der Waals surface area contributed by atoms with Gasteiger partial charge in [-0.15, -0.1) is 5.10 Å². The Morgan fingerprint density at radius 3 is 2.61 bits per heavy atom. The van der Waals surface area contributed by atoms with Crippen LogP contribution in [0.3, 0.4) is 0 Å². The fourth-order valence-corrected chi connectivity index (χ4v) is 6.20. The second-order valence-corrected chi connectivity index (χ2v) is 13.1. The summed E-state index contributed by atoms with van der Waals surface area (Å²) in [5.74, 6) is -0.220. The minimum atomic E-state index is -0.839. The van der Waals surface area contributed by atoms with Gasteiger partial charge in [0.05, 0.1) is 37.2 Å². The van der Waals surface area contributed by atoms with Gasteiger partial charge in [-0.25, -0.2) is 4.68 Å². The Bertz CT molecular complexity index is 1210. The lowest BCUT2D eigenvalue weighted by Gasteiger charge is -2.49. The molecule has 1 saturated carbocycles. The largest absolute Gasteiger partial charge is 0.394 e. The SMILES string of the molecule is C[C@@H]1COC[C@@](CO)(CNC(=O)[C@@H]2C[C@@H](O)CN2C(=O)[C@@H](n2cc(C3CC3)nn2)C(C)(C)C)N1Cc1ccccc1. The first-order valence-electron chi connectivity index (χ1n) is 14.7. The van der Waals surface area contributed by atoms with Crippen LogP contribution in [-0.4, -0.2) is 103 Å². The number of likely N-dealkylation sites (tertiary alicyclic amines) is 1. The van der Waals surface area contributed by atoms with Crippen LogP contribution in [0.25, 0.3) is 0 Å². The standard InChI is InChI=1S/C30H44N6O5/c1-20-16-41-19-30(18-37,35(20)13-21-8-6-5-7-9-21)17-31-27(39)25-12-23(38)14-34(25)28(40)26(29(2,3)4)36-15-24(32-33-36)22-10-11-22/h5-9,15,20,22-23,25-26,37-38H,10-14,16-19H2,1-4H3,(H,31,39)/t20-,23-,25+,26-,30+/m1/s1. The summed E-state index contributed by atoms with van der Waals surface area (Å²) in [7, 11) is 0. The number of ether oxygens (including phenoxy) is 1. The highest BCUT2D eigenvalue weighted by molar-refractivity contribution is 5.90. The maximum Gasteiger partial charge on any atom is 0.248 e. The minimum absolute atomic E-state index is 0.0233. The summed E-state index contributed by atoms with van der Waals surface area (Å²) in [5.41, 5.74) is 0.658. The number of hydrogen-bond donors (Lipinski definition) is 3. The van der Waals surface area contributed by atoms with Crippen molar-refractivity contribution in [3.8, 4) is 0 Å². The number of nitrogens with one attached hydrogen (secondary N) is 1. The van der Waals surface area contributed by atoms with Crippen LogP contribution < -0.4 is 5.32 Å². The van der Waals surface area contributed by atoms with Gasteiger partial charge in [-0.3, -0.25) is 14.5 Å². The van der Waals surface area contributed by atoms with Gasteiger partial charge < -0.3 is 25.2 Å². The Kier molecular flexibility index (Phi) is 8.52. The van der Waals surface area contributed by atoms with E-state index < -0.39 is 29.1 Å². The zero-order valence-corrected chi connectivity index (χ0v) is 24.6. The van der Waals surface area contributed by atoms with E-state index in [9.17, 15) is 19.8 Å². The van der Waals surface area contributed by atoms with E-state index in [1.807, 2.05) is 64.2 Å². The van der Waals surface area contributed by atoms with Crippen molar-refractivity contribution < 1.29 is 24.5 Å². The molecule has 11 nitrogen and oxygen atoms in total. The number of nitrogens with zero attached hydrogens (tertiary/aromatic N) is 5. The van der Waals surface area contributed by atoms with Gasteiger partial charge in [-0.2, -0.15) is 0 Å². The Morgan fingerprint density at radius 1 is 1.22 bits per heavy atom. The number of rotatable bonds is 9. The molecule has 0 unspecified atom stereocenters. The number of morpholine rings is 1. The molecule has 3 aliphatic rings. The Hall–Kier alpha value is -2.86. The lowest BCUT2D eigenvalue weighted by molar-refractivity contribution is -0.145. The van der Waals surface area contributed by atoms with Crippen LogP contribution in [0.5, 0.6) is 0 Å². The third-order valence-electron chi connectivity index (χ3n) is 8.66. The van der Waals surface area contributed by atoms with Gasteiger partial charge in [0.25, 0.3) is 0 Å². The van der Waals surface area contributed by atoms with Gasteiger partial charge in [0.2, 0.25) is 11.8 Å². The average molecular weight is 569 g/mol. The van der Waals surface area contributed by atoms with Crippen molar-refractivity contribution in [2.24, 2.45) is 5.41 Å². The molecule has 11 heteroatoms. The summed E-state index contributed by atoms with van der Waals surface area (Å²) in [6.07, 6.45) is 3.34. The number of carbonyl (C=O) groups is 2. The lowest BCUT2D eigenvalue weighted by Crippen LogP contribution is -2.67. The molecule has 1 aliphatic carbocycles. The van der Waals surface area contributed by atoms with E-state index in [2.05, 4.69) is 20.5 Å². The van der Waals surface area contributed by atoms with Crippen LogP contribution in [0.4, 0.5) is 0 Å². The topological polar surface area (TPSA) is 133 Å². The quantitative estimate of drug-likeness (QED) is 0.414. The summed E-state index contributed by atoms with van der Waals surface area (Å²) in [6, 6.07) is 8.52. The van der Waals surface area contributed by atoms with Crippen LogP contribution in [0.15, 0.2) is 36.5 Å². The van der Waals surface area contributed by atoms with Gasteiger partial charge >= 0.3 is 0 Å². The lowest BCUT2D eigenvalue weighted by atomic mass is 9.85. The Morgan fingerprint density at radius 2 is 1.95 bits per heavy atom. The van der Waals surface area contributed by atoms with Crippen molar-refractivity contribution in [2.75, 3.05) is 32.9 Å². The van der Waals surface area contributed by atoms with E-state index in [-0.39, 0.29) is 50.6 Å². The van der Waals surface area contributed by atoms with Crippen molar-refractivity contribution in [1.29, 1.82) is 0 Å². The van der Waals surface area contributed by atoms with Crippen molar-refractivity contribution in [2.45, 2.75) is 89.2 Å². The normalized spacial score (nSPS) is 28.0. The van der Waals surface area contributed by atoms with E-state index in [0.717, 1.165) is 24.1 Å². The molecule has 2 aromatic rings. The fraction of sp³-hybridized carbons (Fsp3) is 0.667. The summed E-state index contributed by atoms with van der Waals surface area (Å²) >= 11 is 0. The first-order chi connectivity index (χ1) is 19.5. The summed E-state index contributed by atoms with van der Waals surface area (Å²) in [5, 5.41) is 32.8. The van der Waals surface area contributed by atoms with Crippen molar-refractivity contribution in [1.82, 2.24) is 30.1 Å². The molecule has 1 aromatic carbocycles. The van der Waals surface area contributed by atoms with E-state index in [1.54, 1.807) is 4.68 Å². The first-order valence-corrected chi connectivity index (χ1v) is 14.7. The molecule has 5 atom stereocenters. The van der Waals surface area contributed by atoms with Crippen LogP contribution >= 0.6 is 0 Å². The molecule has 3 heterocycles. The number of carbonyl (C=O) groups excluding carboxylic acids is 2. The summed E-state index contributed by atoms with van der Waals surface area (Å²) in [6.45, 7) is 9.34. The van der Waals surface area contributed by atoms with Gasteiger partial charge in [0.15, 0.2) is 0 Å². The van der Waals surface area contributed by atoms with E-state index in [0.29, 0.717) is 19.1 Å². The third kappa shape index (κ3) is 6.33. The molecular formula is C30H44N6O5. The maximum absolute atomic E-state index is 14.0. The van der Waals surface area contributed by atoms with E-state index in [4.69, 9.17) is 4.74 Å². The van der Waals surface area contributed by atoms with Crippen molar-refractivity contribution in [3.05, 3.63) is 47.8 Å². The fourth-order valence-electron chi connectivity index (χ4n) is 6.20. The third-order valence-corrected chi connectivity index (χ3v) is 8.66. The number of benzene rings is 1. The molecule has 5 rings (SSSR count). The number of hydrogen-bond acceptors (Lipinski definition) is 8. The Balaban J connectivity index is 1.32. The molecule has 3 fully saturated rings. The molecule has 2 saturated heterocycles. The highest BCUT2D eigenvalue weighted by Crippen LogP contribution is 2.40. The van der Waals surface area contributed by atoms with Crippen molar-refractivity contribution in [3.63, 3.8) is 0 Å². The molecule has 2 aliphatic heterocycles. The van der Waals surface area contributed by atoms with E-state index >= 15 is 0 Å². The zero-order chi connectivity index (χ0) is 29.4. The molecule has 41 heavy (non-hydrogen) atoms. The zero-order valence-electron chi connectivity index (χ0n) is 24.6. The van der Waals surface area contributed by atoms with Gasteiger partial charge in [-0.1, -0.05) is 56.3 Å². The molecular weight excluding hydrogens is 524 g/mol. The first kappa shape index (κ1) is 29.6. The molecule has 0 bridgehead atoms. The highest BCUT2D eigenvalue weighted by atomic mass is 16.5. The van der Waals surface area contributed by atoms with Crippen molar-refractivity contribution >= 4 is 11.8 Å². The number of aliphatic hydroxyl groups is 2. The average Bonchev–Trinajstić information content (AvgIpc) is 3.55. The molecule has 1 aromatic heterocycles. The van der Waals surface area contributed by atoms with E-state index in [1.165, 1.54) is 4.90 Å². The number of amides is 2.